The van der Waals surface area contributed by atoms with E-state index in [0.29, 0.717) is 16.3 Å². The van der Waals surface area contributed by atoms with Gasteiger partial charge in [-0.15, -0.1) is 6.42 Å². The molecule has 7 nitrogen and oxygen atoms in total. The number of hydrogen-bond acceptors (Lipinski definition) is 6. The normalized spacial score (nSPS) is 12.2. The van der Waals surface area contributed by atoms with Crippen molar-refractivity contribution in [3.63, 3.8) is 0 Å². The second-order valence-corrected chi connectivity index (χ2v) is 10.4. The number of aromatic nitrogens is 1. The third-order valence-corrected chi connectivity index (χ3v) is 7.90. The summed E-state index contributed by atoms with van der Waals surface area (Å²) in [5, 5.41) is -0.547. The average Bonchev–Trinajstić information content (AvgIpc) is 3.08. The molecule has 1 aromatic heterocycles. The van der Waals surface area contributed by atoms with Crippen LogP contribution in [0.3, 0.4) is 0 Å². The van der Waals surface area contributed by atoms with Crippen LogP contribution < -0.4 is 14.3 Å². The minimum atomic E-state index is -3.41. The Hall–Kier alpha value is -3.09. The predicted molar refractivity (Wildman–Crippen MR) is 120 cm³/mol. The molecule has 1 amide bonds. The Morgan fingerprint density at radius 2 is 1.77 bits per heavy atom. The number of amides is 1. The molecule has 0 bridgehead atoms. The lowest BCUT2D eigenvalue weighted by Gasteiger charge is -2.08. The van der Waals surface area contributed by atoms with Crippen LogP contribution in [0.4, 0.5) is 0 Å². The summed E-state index contributed by atoms with van der Waals surface area (Å²) in [6, 6.07) is 9.37. The SMILES string of the molecule is C#CCn1c(=NC(=O)c2ccc(S(=O)(=O)C(C)C)cc2)sc2cc(OC)c(OC)cc21. The van der Waals surface area contributed by atoms with E-state index in [-0.39, 0.29) is 17.0 Å². The number of carbonyl (C=O) groups is 1. The average molecular weight is 459 g/mol. The third kappa shape index (κ3) is 4.36. The molecule has 0 aliphatic heterocycles. The van der Waals surface area contributed by atoms with Gasteiger partial charge in [0.1, 0.15) is 0 Å². The number of sulfone groups is 1. The molecule has 1 heterocycles. The number of hydrogen-bond donors (Lipinski definition) is 0. The number of terminal acetylenes is 1. The van der Waals surface area contributed by atoms with Crippen molar-refractivity contribution in [2.75, 3.05) is 14.2 Å². The zero-order valence-electron chi connectivity index (χ0n) is 17.6. The Bertz CT molecular complexity index is 1340. The number of thiazole rings is 1. The molecule has 0 fully saturated rings. The lowest BCUT2D eigenvalue weighted by Crippen LogP contribution is -2.17. The molecule has 0 atom stereocenters. The van der Waals surface area contributed by atoms with E-state index in [1.54, 1.807) is 44.8 Å². The van der Waals surface area contributed by atoms with Crippen LogP contribution in [0.25, 0.3) is 10.2 Å². The molecule has 9 heteroatoms. The first-order valence-electron chi connectivity index (χ1n) is 9.34. The van der Waals surface area contributed by atoms with E-state index in [2.05, 4.69) is 10.9 Å². The predicted octanol–water partition coefficient (Wildman–Crippen LogP) is 3.28. The molecule has 0 saturated heterocycles. The van der Waals surface area contributed by atoms with Gasteiger partial charge in [0.2, 0.25) is 0 Å². The lowest BCUT2D eigenvalue weighted by molar-refractivity contribution is 0.0998. The number of carbonyl (C=O) groups excluding carboxylic acids is 1. The van der Waals surface area contributed by atoms with E-state index < -0.39 is 21.0 Å². The molecule has 0 unspecified atom stereocenters. The fourth-order valence-electron chi connectivity index (χ4n) is 2.94. The fourth-order valence-corrected chi connectivity index (χ4v) is 5.03. The van der Waals surface area contributed by atoms with Gasteiger partial charge in [-0.05, 0) is 38.1 Å². The summed E-state index contributed by atoms with van der Waals surface area (Å²) in [5.74, 6) is 3.18. The highest BCUT2D eigenvalue weighted by molar-refractivity contribution is 7.92. The van der Waals surface area contributed by atoms with Crippen LogP contribution in [0, 0.1) is 12.3 Å². The summed E-state index contributed by atoms with van der Waals surface area (Å²) in [7, 11) is -0.325. The second-order valence-electron chi connectivity index (χ2n) is 6.88. The molecule has 0 saturated carbocycles. The first kappa shape index (κ1) is 22.6. The van der Waals surface area contributed by atoms with Gasteiger partial charge in [0, 0.05) is 17.7 Å². The monoisotopic (exact) mass is 458 g/mol. The van der Waals surface area contributed by atoms with Gasteiger partial charge < -0.3 is 14.0 Å². The smallest absolute Gasteiger partial charge is 0.279 e. The summed E-state index contributed by atoms with van der Waals surface area (Å²) in [4.78, 5) is 17.6. The van der Waals surface area contributed by atoms with E-state index in [4.69, 9.17) is 15.9 Å². The number of fused-ring (bicyclic) bond motifs is 1. The van der Waals surface area contributed by atoms with E-state index in [1.165, 1.54) is 35.6 Å². The molecule has 3 aromatic rings. The largest absolute Gasteiger partial charge is 0.493 e. The van der Waals surface area contributed by atoms with Gasteiger partial charge >= 0.3 is 0 Å². The van der Waals surface area contributed by atoms with Gasteiger partial charge in [0.25, 0.3) is 5.91 Å². The molecule has 0 N–H and O–H groups in total. The van der Waals surface area contributed by atoms with Crippen LogP contribution >= 0.6 is 11.3 Å². The van der Waals surface area contributed by atoms with E-state index in [9.17, 15) is 13.2 Å². The highest BCUT2D eigenvalue weighted by Gasteiger charge is 2.19. The molecular formula is C22H22N2O5S2. The van der Waals surface area contributed by atoms with Crippen molar-refractivity contribution < 1.29 is 22.7 Å². The van der Waals surface area contributed by atoms with Gasteiger partial charge in [0.15, 0.2) is 26.1 Å². The van der Waals surface area contributed by atoms with Crippen molar-refractivity contribution in [1.29, 1.82) is 0 Å². The maximum atomic E-state index is 12.8. The van der Waals surface area contributed by atoms with Gasteiger partial charge in [0.05, 0.1) is 41.1 Å². The number of benzene rings is 2. The summed E-state index contributed by atoms with van der Waals surface area (Å²) in [6.07, 6.45) is 5.52. The van der Waals surface area contributed by atoms with Crippen molar-refractivity contribution >= 4 is 37.3 Å². The Balaban J connectivity index is 2.08. The minimum absolute atomic E-state index is 0.169. The highest BCUT2D eigenvalue weighted by atomic mass is 32.2. The van der Waals surface area contributed by atoms with E-state index in [1.807, 2.05) is 0 Å². The van der Waals surface area contributed by atoms with Gasteiger partial charge in [-0.1, -0.05) is 17.3 Å². The van der Waals surface area contributed by atoms with Crippen molar-refractivity contribution in [2.45, 2.75) is 30.5 Å². The highest BCUT2D eigenvalue weighted by Crippen LogP contribution is 2.33. The second kappa shape index (κ2) is 8.96. The van der Waals surface area contributed by atoms with E-state index >= 15 is 0 Å². The number of ether oxygens (including phenoxy) is 2. The number of rotatable bonds is 6. The summed E-state index contributed by atoms with van der Waals surface area (Å²) in [5.41, 5.74) is 1.05. The minimum Gasteiger partial charge on any atom is -0.493 e. The number of methoxy groups -OCH3 is 2. The Kier molecular flexibility index (Phi) is 6.53. The molecule has 0 spiro atoms. The van der Waals surface area contributed by atoms with E-state index in [0.717, 1.165) is 10.2 Å². The first-order chi connectivity index (χ1) is 14.7. The Morgan fingerprint density at radius 3 is 2.32 bits per heavy atom. The van der Waals surface area contributed by atoms with Crippen LogP contribution in [0.15, 0.2) is 46.3 Å². The number of nitrogens with zero attached hydrogens (tertiary/aromatic N) is 2. The zero-order valence-corrected chi connectivity index (χ0v) is 19.2. The molecule has 2 aromatic carbocycles. The molecule has 3 rings (SSSR count). The van der Waals surface area contributed by atoms with Crippen molar-refractivity contribution in [1.82, 2.24) is 4.57 Å². The first-order valence-corrected chi connectivity index (χ1v) is 11.7. The standard InChI is InChI=1S/C22H22N2O5S2/c1-6-11-24-17-12-18(28-4)19(29-5)13-20(17)30-22(24)23-21(25)15-7-9-16(10-8-15)31(26,27)14(2)3/h1,7-10,12-14H,11H2,2-5H3. The Morgan fingerprint density at radius 1 is 1.16 bits per heavy atom. The lowest BCUT2D eigenvalue weighted by atomic mass is 10.2. The fraction of sp³-hybridized carbons (Fsp3) is 0.273. The van der Waals surface area contributed by atoms with Crippen LogP contribution in [-0.2, 0) is 16.4 Å². The quantitative estimate of drug-likeness (QED) is 0.529. The molecule has 162 valence electrons. The van der Waals surface area contributed by atoms with Crippen LogP contribution in [0.2, 0.25) is 0 Å². The molecule has 0 radical (unpaired) electrons. The topological polar surface area (TPSA) is 87.0 Å². The molecule has 31 heavy (non-hydrogen) atoms. The molecule has 0 aliphatic rings. The third-order valence-electron chi connectivity index (χ3n) is 4.69. The van der Waals surface area contributed by atoms with Crippen LogP contribution in [0.1, 0.15) is 24.2 Å². The van der Waals surface area contributed by atoms with Crippen molar-refractivity contribution in [3.05, 3.63) is 46.8 Å². The summed E-state index contributed by atoms with van der Waals surface area (Å²) >= 11 is 1.30. The maximum Gasteiger partial charge on any atom is 0.279 e. The molecule has 0 aliphatic carbocycles. The van der Waals surface area contributed by atoms with Gasteiger partial charge in [-0.2, -0.15) is 4.99 Å². The summed E-state index contributed by atoms with van der Waals surface area (Å²) < 4.78 is 37.8. The maximum absolute atomic E-state index is 12.8. The van der Waals surface area contributed by atoms with Crippen LogP contribution in [-0.4, -0.2) is 38.4 Å². The zero-order chi connectivity index (χ0) is 22.8. The van der Waals surface area contributed by atoms with Crippen LogP contribution in [0.5, 0.6) is 11.5 Å². The van der Waals surface area contributed by atoms with Crippen molar-refractivity contribution in [3.8, 4) is 23.8 Å². The Labute approximate surface area is 184 Å². The van der Waals surface area contributed by atoms with Gasteiger partial charge in [-0.3, -0.25) is 4.79 Å². The summed E-state index contributed by atoms with van der Waals surface area (Å²) in [6.45, 7) is 3.44. The molecular weight excluding hydrogens is 436 g/mol. The van der Waals surface area contributed by atoms with Crippen molar-refractivity contribution in [2.24, 2.45) is 4.99 Å². The van der Waals surface area contributed by atoms with Gasteiger partial charge in [-0.25, -0.2) is 8.42 Å².